The molecule has 0 fully saturated rings. The fraction of sp³-hybridized carbons (Fsp3) is 0.158. The van der Waals surface area contributed by atoms with Gasteiger partial charge in [0, 0.05) is 12.3 Å². The predicted octanol–water partition coefficient (Wildman–Crippen LogP) is 4.09. The van der Waals surface area contributed by atoms with Gasteiger partial charge in [0.1, 0.15) is 5.75 Å². The van der Waals surface area contributed by atoms with Crippen molar-refractivity contribution < 1.29 is 18.3 Å². The van der Waals surface area contributed by atoms with Gasteiger partial charge in [0.2, 0.25) is 0 Å². The van der Waals surface area contributed by atoms with Crippen LogP contribution in [-0.2, 0) is 6.54 Å². The molecule has 1 aromatic heterocycles. The van der Waals surface area contributed by atoms with E-state index >= 15 is 0 Å². The number of rotatable bonds is 6. The van der Waals surface area contributed by atoms with Gasteiger partial charge in [-0.05, 0) is 24.6 Å². The Balaban J connectivity index is 1.70. The maximum absolute atomic E-state index is 12.5. The average Bonchev–Trinajstić information content (AvgIpc) is 3.01. The maximum atomic E-state index is 12.5. The summed E-state index contributed by atoms with van der Waals surface area (Å²) in [4.78, 5) is 12.3. The number of hydrogen-bond acceptors (Lipinski definition) is 3. The van der Waals surface area contributed by atoms with Gasteiger partial charge in [-0.15, -0.1) is 0 Å². The summed E-state index contributed by atoms with van der Waals surface area (Å²) < 4.78 is 31.0. The molecule has 0 spiro atoms. The fourth-order valence-corrected chi connectivity index (χ4v) is 2.55. The molecule has 0 saturated carbocycles. The van der Waals surface area contributed by atoms with Gasteiger partial charge >= 0.3 is 6.61 Å². The monoisotopic (exact) mass is 357 g/mol. The fourth-order valence-electron chi connectivity index (χ4n) is 2.55. The number of amides is 1. The van der Waals surface area contributed by atoms with Crippen molar-refractivity contribution in [3.63, 3.8) is 0 Å². The van der Waals surface area contributed by atoms with Crippen LogP contribution in [0.15, 0.2) is 60.8 Å². The summed E-state index contributed by atoms with van der Waals surface area (Å²) in [6, 6.07) is 15.5. The number of nitrogens with zero attached hydrogens (tertiary/aromatic N) is 2. The first kappa shape index (κ1) is 17.6. The van der Waals surface area contributed by atoms with Gasteiger partial charge in [-0.2, -0.15) is 13.9 Å². The molecule has 2 aromatic carbocycles. The summed E-state index contributed by atoms with van der Waals surface area (Å²) in [6.07, 6.45) is 1.74. The molecular weight excluding hydrogens is 340 g/mol. The lowest BCUT2D eigenvalue weighted by Gasteiger charge is -2.09. The molecule has 0 radical (unpaired) electrons. The zero-order valence-corrected chi connectivity index (χ0v) is 14.0. The maximum Gasteiger partial charge on any atom is 0.387 e. The van der Waals surface area contributed by atoms with E-state index in [1.165, 1.54) is 18.2 Å². The lowest BCUT2D eigenvalue weighted by molar-refractivity contribution is -0.0501. The summed E-state index contributed by atoms with van der Waals surface area (Å²) >= 11 is 0. The third-order valence-electron chi connectivity index (χ3n) is 3.66. The van der Waals surface area contributed by atoms with Crippen molar-refractivity contribution in [2.45, 2.75) is 20.1 Å². The number of hydrogen-bond donors (Lipinski definition) is 1. The number of para-hydroxylation sites is 1. The van der Waals surface area contributed by atoms with Crippen LogP contribution in [0, 0.1) is 6.92 Å². The number of nitrogens with one attached hydrogen (secondary N) is 1. The van der Waals surface area contributed by atoms with Gasteiger partial charge in [0.15, 0.2) is 5.82 Å². The van der Waals surface area contributed by atoms with E-state index in [0.29, 0.717) is 12.4 Å². The van der Waals surface area contributed by atoms with E-state index in [1.807, 2.05) is 25.1 Å². The van der Waals surface area contributed by atoms with Crippen LogP contribution in [0.5, 0.6) is 5.75 Å². The van der Waals surface area contributed by atoms with Gasteiger partial charge < -0.3 is 10.1 Å². The van der Waals surface area contributed by atoms with E-state index in [-0.39, 0.29) is 11.3 Å². The zero-order chi connectivity index (χ0) is 18.5. The molecule has 7 heteroatoms. The third kappa shape index (κ3) is 4.44. The van der Waals surface area contributed by atoms with Crippen molar-refractivity contribution >= 4 is 11.7 Å². The van der Waals surface area contributed by atoms with Crippen LogP contribution in [0.25, 0.3) is 0 Å². The highest BCUT2D eigenvalue weighted by atomic mass is 19.3. The van der Waals surface area contributed by atoms with Crippen LogP contribution in [0.1, 0.15) is 21.5 Å². The molecule has 1 N–H and O–H groups in total. The average molecular weight is 357 g/mol. The molecular formula is C19H17F2N3O2. The standard InChI is InChI=1S/C19H17F2N3O2/c1-13-5-4-6-14(11-13)12-24-10-9-17(23-24)22-18(25)15-7-2-3-8-16(15)26-19(20)21/h2-11,19H,12H2,1H3,(H,22,23,25). The summed E-state index contributed by atoms with van der Waals surface area (Å²) in [6.45, 7) is -0.433. The number of alkyl halides is 2. The molecule has 134 valence electrons. The molecule has 3 rings (SSSR count). The predicted molar refractivity (Wildman–Crippen MR) is 93.5 cm³/mol. The normalized spacial score (nSPS) is 10.8. The highest BCUT2D eigenvalue weighted by Gasteiger charge is 2.16. The number of aromatic nitrogens is 2. The Hall–Kier alpha value is -3.22. The van der Waals surface area contributed by atoms with Crippen LogP contribution in [0.2, 0.25) is 0 Å². The van der Waals surface area contributed by atoms with E-state index in [4.69, 9.17) is 0 Å². The Morgan fingerprint density at radius 2 is 2.00 bits per heavy atom. The Kier molecular flexibility index (Phi) is 5.26. The first-order valence-electron chi connectivity index (χ1n) is 7.95. The molecule has 5 nitrogen and oxygen atoms in total. The molecule has 26 heavy (non-hydrogen) atoms. The highest BCUT2D eigenvalue weighted by Crippen LogP contribution is 2.21. The second-order valence-electron chi connectivity index (χ2n) is 5.72. The quantitative estimate of drug-likeness (QED) is 0.723. The molecule has 0 aliphatic carbocycles. The van der Waals surface area contributed by atoms with Crippen molar-refractivity contribution in [1.29, 1.82) is 0 Å². The Morgan fingerprint density at radius 1 is 1.19 bits per heavy atom. The van der Waals surface area contributed by atoms with Crippen molar-refractivity contribution in [1.82, 2.24) is 9.78 Å². The number of anilines is 1. The molecule has 0 atom stereocenters. The van der Waals surface area contributed by atoms with Gasteiger partial charge in [0.25, 0.3) is 5.91 Å². The zero-order valence-electron chi connectivity index (χ0n) is 14.0. The first-order valence-corrected chi connectivity index (χ1v) is 7.95. The molecule has 0 unspecified atom stereocenters. The SMILES string of the molecule is Cc1cccc(Cn2ccc(NC(=O)c3ccccc3OC(F)F)n2)c1. The Labute approximate surface area is 149 Å². The van der Waals surface area contributed by atoms with Crippen LogP contribution in [-0.4, -0.2) is 22.3 Å². The first-order chi connectivity index (χ1) is 12.5. The molecule has 0 saturated heterocycles. The second kappa shape index (κ2) is 7.77. The van der Waals surface area contributed by atoms with Crippen LogP contribution in [0.3, 0.4) is 0 Å². The lowest BCUT2D eigenvalue weighted by atomic mass is 10.1. The minimum atomic E-state index is -3.00. The number of carbonyl (C=O) groups is 1. The Morgan fingerprint density at radius 3 is 2.77 bits per heavy atom. The second-order valence-corrected chi connectivity index (χ2v) is 5.72. The molecule has 3 aromatic rings. The minimum Gasteiger partial charge on any atom is -0.434 e. The smallest absolute Gasteiger partial charge is 0.387 e. The van der Waals surface area contributed by atoms with E-state index in [1.54, 1.807) is 23.0 Å². The topological polar surface area (TPSA) is 56.2 Å². The largest absolute Gasteiger partial charge is 0.434 e. The van der Waals surface area contributed by atoms with Gasteiger partial charge in [-0.1, -0.05) is 42.0 Å². The van der Waals surface area contributed by atoms with Gasteiger partial charge in [-0.25, -0.2) is 0 Å². The third-order valence-corrected chi connectivity index (χ3v) is 3.66. The van der Waals surface area contributed by atoms with E-state index < -0.39 is 12.5 Å². The van der Waals surface area contributed by atoms with Crippen LogP contribution in [0.4, 0.5) is 14.6 Å². The van der Waals surface area contributed by atoms with Crippen LogP contribution < -0.4 is 10.1 Å². The van der Waals surface area contributed by atoms with Crippen molar-refractivity contribution in [3.8, 4) is 5.75 Å². The molecule has 1 amide bonds. The number of benzene rings is 2. The molecule has 1 heterocycles. The van der Waals surface area contributed by atoms with Crippen LogP contribution >= 0.6 is 0 Å². The number of ether oxygens (including phenoxy) is 1. The van der Waals surface area contributed by atoms with E-state index in [9.17, 15) is 13.6 Å². The summed E-state index contributed by atoms with van der Waals surface area (Å²) in [7, 11) is 0. The molecule has 0 aliphatic rings. The van der Waals surface area contributed by atoms with Gasteiger partial charge in [0.05, 0.1) is 12.1 Å². The summed E-state index contributed by atoms with van der Waals surface area (Å²) in [5.74, 6) is -0.421. The van der Waals surface area contributed by atoms with Gasteiger partial charge in [-0.3, -0.25) is 9.48 Å². The number of aryl methyl sites for hydroxylation is 1. The highest BCUT2D eigenvalue weighted by molar-refractivity contribution is 6.05. The summed E-state index contributed by atoms with van der Waals surface area (Å²) in [5, 5.41) is 6.88. The van der Waals surface area contributed by atoms with E-state index in [2.05, 4.69) is 21.2 Å². The van der Waals surface area contributed by atoms with Crippen molar-refractivity contribution in [3.05, 3.63) is 77.5 Å². The Bertz CT molecular complexity index is 909. The minimum absolute atomic E-state index is 0.0148. The number of carbonyl (C=O) groups excluding carboxylic acids is 1. The molecule has 0 bridgehead atoms. The van der Waals surface area contributed by atoms with Crippen molar-refractivity contribution in [2.75, 3.05) is 5.32 Å². The lowest BCUT2D eigenvalue weighted by Crippen LogP contribution is -2.15. The molecule has 0 aliphatic heterocycles. The van der Waals surface area contributed by atoms with E-state index in [0.717, 1.165) is 11.1 Å². The summed E-state index contributed by atoms with van der Waals surface area (Å²) in [5.41, 5.74) is 2.25. The number of halogens is 2. The van der Waals surface area contributed by atoms with Crippen molar-refractivity contribution in [2.24, 2.45) is 0 Å².